The third-order valence-electron chi connectivity index (χ3n) is 4.01. The Morgan fingerprint density at radius 2 is 1.96 bits per heavy atom. The first-order chi connectivity index (χ1) is 11.8. The predicted molar refractivity (Wildman–Crippen MR) is 92.2 cm³/mol. The number of ketones is 1. The Bertz CT molecular complexity index is 836. The van der Waals surface area contributed by atoms with Crippen LogP contribution in [0.3, 0.4) is 0 Å². The summed E-state index contributed by atoms with van der Waals surface area (Å²) in [5, 5.41) is 0. The van der Waals surface area contributed by atoms with E-state index in [2.05, 4.69) is 0 Å². The Balaban J connectivity index is 1.95. The average molecular weight is 345 g/mol. The number of aromatic nitrogens is 1. The molecule has 0 unspecified atom stereocenters. The first kappa shape index (κ1) is 18.4. The first-order valence-corrected chi connectivity index (χ1v) is 7.68. The van der Waals surface area contributed by atoms with Crippen LogP contribution < -0.4 is 4.74 Å². The monoisotopic (exact) mass is 345 g/mol. The smallest absolute Gasteiger partial charge is 0.331 e. The van der Waals surface area contributed by atoms with Crippen LogP contribution in [0.5, 0.6) is 5.75 Å². The second-order valence-corrected chi connectivity index (χ2v) is 5.60. The van der Waals surface area contributed by atoms with E-state index in [9.17, 15) is 14.0 Å². The molecule has 1 aromatic carbocycles. The summed E-state index contributed by atoms with van der Waals surface area (Å²) in [7, 11) is 3.24. The number of benzene rings is 1. The molecule has 0 aliphatic carbocycles. The highest BCUT2D eigenvalue weighted by Crippen LogP contribution is 2.18. The molecule has 0 fully saturated rings. The van der Waals surface area contributed by atoms with E-state index >= 15 is 0 Å². The van der Waals surface area contributed by atoms with E-state index in [1.54, 1.807) is 12.1 Å². The van der Waals surface area contributed by atoms with Crippen molar-refractivity contribution in [1.82, 2.24) is 4.57 Å². The molecule has 0 radical (unpaired) electrons. The van der Waals surface area contributed by atoms with E-state index in [4.69, 9.17) is 9.47 Å². The lowest BCUT2D eigenvalue weighted by molar-refractivity contribution is -0.136. The highest BCUT2D eigenvalue weighted by atomic mass is 19.1. The first-order valence-electron chi connectivity index (χ1n) is 7.68. The molecule has 0 aliphatic rings. The number of carbonyl (C=O) groups excluding carboxylic acids is 2. The number of halogens is 1. The van der Waals surface area contributed by atoms with Crippen molar-refractivity contribution in [3.8, 4) is 5.75 Å². The Morgan fingerprint density at radius 3 is 2.52 bits per heavy atom. The number of hydrogen-bond acceptors (Lipinski definition) is 4. The number of hydrogen-bond donors (Lipinski definition) is 0. The van der Waals surface area contributed by atoms with Crippen LogP contribution in [0, 0.1) is 19.7 Å². The molecule has 0 spiro atoms. The molecule has 2 rings (SSSR count). The average Bonchev–Trinajstić information content (AvgIpc) is 2.85. The van der Waals surface area contributed by atoms with Gasteiger partial charge in [-0.05, 0) is 43.7 Å². The molecule has 0 atom stereocenters. The highest BCUT2D eigenvalue weighted by molar-refractivity contribution is 6.00. The largest absolute Gasteiger partial charge is 0.494 e. The number of nitrogens with zero attached hydrogens (tertiary/aromatic N) is 1. The molecular weight excluding hydrogens is 325 g/mol. The van der Waals surface area contributed by atoms with Gasteiger partial charge in [-0.3, -0.25) is 4.79 Å². The number of methoxy groups -OCH3 is 1. The Kier molecular flexibility index (Phi) is 5.75. The van der Waals surface area contributed by atoms with Crippen molar-refractivity contribution >= 4 is 17.8 Å². The topological polar surface area (TPSA) is 57.5 Å². The molecule has 1 heterocycles. The summed E-state index contributed by atoms with van der Waals surface area (Å²) in [5.74, 6) is -1.34. The Labute approximate surface area is 145 Å². The van der Waals surface area contributed by atoms with Gasteiger partial charge in [0.05, 0.1) is 7.11 Å². The molecule has 25 heavy (non-hydrogen) atoms. The second-order valence-electron chi connectivity index (χ2n) is 5.60. The van der Waals surface area contributed by atoms with E-state index in [0.29, 0.717) is 11.1 Å². The quantitative estimate of drug-likeness (QED) is 0.458. The summed E-state index contributed by atoms with van der Waals surface area (Å²) in [4.78, 5) is 23.9. The van der Waals surface area contributed by atoms with Gasteiger partial charge in [0.25, 0.3) is 0 Å². The van der Waals surface area contributed by atoms with Gasteiger partial charge >= 0.3 is 5.97 Å². The van der Waals surface area contributed by atoms with Gasteiger partial charge in [-0.1, -0.05) is 6.07 Å². The molecule has 1 aromatic heterocycles. The lowest BCUT2D eigenvalue weighted by Gasteiger charge is -2.03. The minimum Gasteiger partial charge on any atom is -0.494 e. The maximum atomic E-state index is 13.6. The second kappa shape index (κ2) is 7.79. The van der Waals surface area contributed by atoms with Gasteiger partial charge in [-0.25, -0.2) is 9.18 Å². The van der Waals surface area contributed by atoms with Crippen molar-refractivity contribution in [3.05, 3.63) is 58.7 Å². The third-order valence-corrected chi connectivity index (χ3v) is 4.01. The van der Waals surface area contributed by atoms with E-state index in [-0.39, 0.29) is 18.1 Å². The minimum atomic E-state index is -0.671. The van der Waals surface area contributed by atoms with Crippen LogP contribution in [0.15, 0.2) is 30.3 Å². The van der Waals surface area contributed by atoms with Gasteiger partial charge in [-0.2, -0.15) is 0 Å². The lowest BCUT2D eigenvalue weighted by Crippen LogP contribution is -2.13. The lowest BCUT2D eigenvalue weighted by atomic mass is 10.1. The minimum absolute atomic E-state index is 0.124. The van der Waals surface area contributed by atoms with Crippen molar-refractivity contribution in [2.75, 3.05) is 13.7 Å². The maximum absolute atomic E-state index is 13.6. The molecule has 0 aliphatic heterocycles. The normalized spacial score (nSPS) is 10.9. The van der Waals surface area contributed by atoms with Gasteiger partial charge < -0.3 is 14.0 Å². The molecule has 0 N–H and O–H groups in total. The number of rotatable bonds is 6. The predicted octanol–water partition coefficient (Wildman–Crippen LogP) is 3.23. The van der Waals surface area contributed by atoms with E-state index in [1.165, 1.54) is 25.3 Å². The van der Waals surface area contributed by atoms with Gasteiger partial charge in [-0.15, -0.1) is 0 Å². The fraction of sp³-hybridized carbons (Fsp3) is 0.263. The SMILES string of the molecule is COc1ccc(/C=C/C(=O)OCC(=O)c2cc(C)n(C)c2C)cc1F. The van der Waals surface area contributed by atoms with E-state index in [1.807, 2.05) is 25.5 Å². The van der Waals surface area contributed by atoms with Crippen LogP contribution in [0.4, 0.5) is 4.39 Å². The van der Waals surface area contributed by atoms with Gasteiger partial charge in [0.1, 0.15) is 0 Å². The van der Waals surface area contributed by atoms with Crippen LogP contribution >= 0.6 is 0 Å². The summed E-state index contributed by atoms with van der Waals surface area (Å²) >= 11 is 0. The van der Waals surface area contributed by atoms with Gasteiger partial charge in [0, 0.05) is 30.1 Å². The van der Waals surface area contributed by atoms with Crippen molar-refractivity contribution in [1.29, 1.82) is 0 Å². The fourth-order valence-electron chi connectivity index (χ4n) is 2.35. The van der Waals surface area contributed by atoms with Gasteiger partial charge in [0.2, 0.25) is 5.78 Å². The fourth-order valence-corrected chi connectivity index (χ4v) is 2.35. The van der Waals surface area contributed by atoms with E-state index in [0.717, 1.165) is 17.5 Å². The molecule has 5 nitrogen and oxygen atoms in total. The zero-order chi connectivity index (χ0) is 18.6. The zero-order valence-corrected chi connectivity index (χ0v) is 14.6. The summed E-state index contributed by atoms with van der Waals surface area (Å²) in [6, 6.07) is 6.07. The highest BCUT2D eigenvalue weighted by Gasteiger charge is 2.15. The van der Waals surface area contributed by atoms with Crippen LogP contribution in [0.1, 0.15) is 27.3 Å². The summed E-state index contributed by atoms with van der Waals surface area (Å²) < 4.78 is 25.2. The number of Topliss-reactive ketones (excluding diaryl/α,β-unsaturated/α-hetero) is 1. The number of ether oxygens (including phenoxy) is 2. The molecule has 6 heteroatoms. The zero-order valence-electron chi connectivity index (χ0n) is 14.6. The molecule has 0 saturated heterocycles. The summed E-state index contributed by atoms with van der Waals surface area (Å²) in [5.41, 5.74) is 2.79. The van der Waals surface area contributed by atoms with E-state index < -0.39 is 11.8 Å². The number of esters is 1. The van der Waals surface area contributed by atoms with Crippen LogP contribution in [-0.4, -0.2) is 30.0 Å². The van der Waals surface area contributed by atoms with Gasteiger partial charge in [0.15, 0.2) is 18.2 Å². The summed E-state index contributed by atoms with van der Waals surface area (Å²) in [6.07, 6.45) is 2.56. The number of carbonyl (C=O) groups is 2. The molecule has 0 bridgehead atoms. The molecule has 132 valence electrons. The van der Waals surface area contributed by atoms with Crippen LogP contribution in [0.2, 0.25) is 0 Å². The Morgan fingerprint density at radius 1 is 1.24 bits per heavy atom. The van der Waals surface area contributed by atoms with Crippen LogP contribution in [-0.2, 0) is 16.6 Å². The standard InChI is InChI=1S/C19H20FNO4/c1-12-9-15(13(2)21(12)3)17(22)11-25-19(23)8-6-14-5-7-18(24-4)16(20)10-14/h5-10H,11H2,1-4H3/b8-6+. The van der Waals surface area contributed by atoms with Crippen molar-refractivity contribution in [3.63, 3.8) is 0 Å². The van der Waals surface area contributed by atoms with Crippen LogP contribution in [0.25, 0.3) is 6.08 Å². The number of aryl methyl sites for hydroxylation is 1. The third kappa shape index (κ3) is 4.35. The molecule has 0 amide bonds. The maximum Gasteiger partial charge on any atom is 0.331 e. The van der Waals surface area contributed by atoms with Crippen molar-refractivity contribution < 1.29 is 23.5 Å². The Hall–Kier alpha value is -2.89. The van der Waals surface area contributed by atoms with Crippen molar-refractivity contribution in [2.45, 2.75) is 13.8 Å². The molecule has 0 saturated carbocycles. The summed E-state index contributed by atoms with van der Waals surface area (Å²) in [6.45, 7) is 3.39. The molecular formula is C19H20FNO4. The molecule has 2 aromatic rings. The van der Waals surface area contributed by atoms with Crippen molar-refractivity contribution in [2.24, 2.45) is 7.05 Å².